The highest BCUT2D eigenvalue weighted by molar-refractivity contribution is 6.24. The molecule has 3 atom stereocenters. The van der Waals surface area contributed by atoms with E-state index in [9.17, 15) is 4.79 Å². The Balaban J connectivity index is 1.63. The van der Waals surface area contributed by atoms with Gasteiger partial charge in [-0.2, -0.15) is 5.10 Å². The molecule has 1 aromatic rings. The van der Waals surface area contributed by atoms with E-state index in [1.165, 1.54) is 12.8 Å². The molecule has 26 heavy (non-hydrogen) atoms. The van der Waals surface area contributed by atoms with Gasteiger partial charge in [0.2, 0.25) is 5.91 Å². The Bertz CT molecular complexity index is 819. The predicted octanol–water partition coefficient (Wildman–Crippen LogP) is 2.20. The van der Waals surface area contributed by atoms with E-state index < -0.39 is 0 Å². The van der Waals surface area contributed by atoms with Crippen molar-refractivity contribution in [2.75, 3.05) is 24.5 Å². The average Bonchev–Trinajstić information content (AvgIpc) is 3.22. The van der Waals surface area contributed by atoms with Gasteiger partial charge in [-0.25, -0.2) is 0 Å². The van der Waals surface area contributed by atoms with Crippen LogP contribution in [0.1, 0.15) is 44.7 Å². The first-order valence-corrected chi connectivity index (χ1v) is 9.62. The van der Waals surface area contributed by atoms with E-state index in [0.29, 0.717) is 12.6 Å². The van der Waals surface area contributed by atoms with Gasteiger partial charge in [0.25, 0.3) is 0 Å². The number of nitrogens with one attached hydrogen (secondary N) is 1. The third-order valence-corrected chi connectivity index (χ3v) is 5.80. The van der Waals surface area contributed by atoms with Crippen molar-refractivity contribution < 1.29 is 4.79 Å². The van der Waals surface area contributed by atoms with Gasteiger partial charge in [0.05, 0.1) is 24.0 Å². The summed E-state index contributed by atoms with van der Waals surface area (Å²) in [7, 11) is 0. The van der Waals surface area contributed by atoms with Crippen molar-refractivity contribution in [2.24, 2.45) is 11.0 Å². The van der Waals surface area contributed by atoms with Crippen LogP contribution in [0.4, 0.5) is 5.69 Å². The van der Waals surface area contributed by atoms with E-state index in [0.717, 1.165) is 35.6 Å². The summed E-state index contributed by atoms with van der Waals surface area (Å²) in [4.78, 5) is 17.1. The van der Waals surface area contributed by atoms with Crippen molar-refractivity contribution in [3.05, 3.63) is 29.3 Å². The Morgan fingerprint density at radius 3 is 2.92 bits per heavy atom. The highest BCUT2D eigenvalue weighted by Crippen LogP contribution is 2.35. The number of likely N-dealkylation sites (tertiary alicyclic amines) is 1. The largest absolute Gasteiger partial charge is 0.311 e. The fraction of sp³-hybridized carbons (Fsp3) is 0.524. The highest BCUT2D eigenvalue weighted by atomic mass is 16.2. The van der Waals surface area contributed by atoms with E-state index in [1.807, 2.05) is 30.9 Å². The van der Waals surface area contributed by atoms with E-state index in [1.54, 1.807) is 0 Å². The summed E-state index contributed by atoms with van der Waals surface area (Å²) < 4.78 is 0. The number of amides is 1. The number of hydrogen-bond acceptors (Lipinski definition) is 4. The van der Waals surface area contributed by atoms with Crippen LogP contribution in [0, 0.1) is 17.8 Å². The van der Waals surface area contributed by atoms with Crippen LogP contribution in [-0.2, 0) is 4.79 Å². The minimum absolute atomic E-state index is 0.0334. The molecule has 2 unspecified atom stereocenters. The van der Waals surface area contributed by atoms with E-state index in [4.69, 9.17) is 0 Å². The van der Waals surface area contributed by atoms with Crippen LogP contribution in [0.25, 0.3) is 0 Å². The van der Waals surface area contributed by atoms with Gasteiger partial charge in [0.15, 0.2) is 0 Å². The molecule has 0 saturated carbocycles. The molecule has 1 fully saturated rings. The maximum absolute atomic E-state index is 12.8. The summed E-state index contributed by atoms with van der Waals surface area (Å²) in [6, 6.07) is 6.79. The minimum atomic E-state index is -0.198. The van der Waals surface area contributed by atoms with E-state index >= 15 is 0 Å². The number of rotatable bonds is 2. The standard InChI is InChI=1S/C21H26N4O/c1-4-25-18-10-9-16(8-6-12-24-11-5-7-14(24)2)13-17(18)20-19(21(25)26)15(3)22-23-20/h9-10,13-15,19,22H,4-5,7,11-12H2,1-3H3/t14-,15?,19?/m1/s1. The van der Waals surface area contributed by atoms with Crippen molar-refractivity contribution >= 4 is 17.3 Å². The van der Waals surface area contributed by atoms with E-state index in [2.05, 4.69) is 40.3 Å². The molecule has 3 aliphatic heterocycles. The lowest BCUT2D eigenvalue weighted by Gasteiger charge is -2.33. The zero-order valence-corrected chi connectivity index (χ0v) is 15.7. The molecular formula is C21H26N4O. The SMILES string of the molecule is CCN1C(=O)C2C(=NNC2C)c2cc(C#CCN3CCC[C@H]3C)ccc21. The molecule has 5 heteroatoms. The van der Waals surface area contributed by atoms with Crippen LogP contribution >= 0.6 is 0 Å². The number of benzene rings is 1. The fourth-order valence-electron chi connectivity index (χ4n) is 4.25. The first kappa shape index (κ1) is 17.1. The van der Waals surface area contributed by atoms with Gasteiger partial charge in [-0.3, -0.25) is 9.69 Å². The molecule has 3 aliphatic rings. The van der Waals surface area contributed by atoms with Gasteiger partial charge in [-0.1, -0.05) is 11.8 Å². The van der Waals surface area contributed by atoms with Crippen LogP contribution in [0.15, 0.2) is 23.3 Å². The highest BCUT2D eigenvalue weighted by Gasteiger charge is 2.43. The van der Waals surface area contributed by atoms with Gasteiger partial charge < -0.3 is 10.3 Å². The summed E-state index contributed by atoms with van der Waals surface area (Å²) in [5, 5.41) is 4.46. The van der Waals surface area contributed by atoms with Gasteiger partial charge >= 0.3 is 0 Å². The molecular weight excluding hydrogens is 324 g/mol. The van der Waals surface area contributed by atoms with Gasteiger partial charge in [-0.15, -0.1) is 0 Å². The number of hydrogen-bond donors (Lipinski definition) is 1. The second-order valence-corrected chi connectivity index (χ2v) is 7.47. The van der Waals surface area contributed by atoms with Crippen LogP contribution in [0.5, 0.6) is 0 Å². The molecule has 1 saturated heterocycles. The zero-order valence-electron chi connectivity index (χ0n) is 15.7. The van der Waals surface area contributed by atoms with Crippen LogP contribution in [-0.4, -0.2) is 48.2 Å². The molecule has 1 amide bonds. The first-order valence-electron chi connectivity index (χ1n) is 9.62. The summed E-state index contributed by atoms with van der Waals surface area (Å²) in [5.41, 5.74) is 6.91. The Morgan fingerprint density at radius 2 is 2.19 bits per heavy atom. The second kappa shape index (κ2) is 6.77. The van der Waals surface area contributed by atoms with Crippen molar-refractivity contribution in [3.63, 3.8) is 0 Å². The molecule has 1 N–H and O–H groups in total. The molecule has 1 aromatic carbocycles. The zero-order chi connectivity index (χ0) is 18.3. The number of hydrazone groups is 1. The third kappa shape index (κ3) is 2.79. The average molecular weight is 350 g/mol. The number of carbonyl (C=O) groups is 1. The number of fused-ring (bicyclic) bond motifs is 3. The molecule has 0 aliphatic carbocycles. The number of nitrogens with zero attached hydrogens (tertiary/aromatic N) is 3. The Labute approximate surface area is 155 Å². The van der Waals surface area contributed by atoms with Crippen LogP contribution < -0.4 is 10.3 Å². The van der Waals surface area contributed by atoms with Crippen molar-refractivity contribution in [2.45, 2.75) is 45.7 Å². The maximum atomic E-state index is 12.8. The smallest absolute Gasteiger partial charge is 0.238 e. The Morgan fingerprint density at radius 1 is 1.35 bits per heavy atom. The minimum Gasteiger partial charge on any atom is -0.311 e. The fourth-order valence-corrected chi connectivity index (χ4v) is 4.25. The summed E-state index contributed by atoms with van der Waals surface area (Å²) in [5.74, 6) is 6.57. The first-order chi connectivity index (χ1) is 12.6. The maximum Gasteiger partial charge on any atom is 0.238 e. The quantitative estimate of drug-likeness (QED) is 0.832. The lowest BCUT2D eigenvalue weighted by Crippen LogP contribution is -2.47. The summed E-state index contributed by atoms with van der Waals surface area (Å²) in [6.45, 7) is 8.94. The second-order valence-electron chi connectivity index (χ2n) is 7.47. The van der Waals surface area contributed by atoms with E-state index in [-0.39, 0.29) is 17.9 Å². The number of carbonyl (C=O) groups excluding carboxylic acids is 1. The van der Waals surface area contributed by atoms with Crippen LogP contribution in [0.3, 0.4) is 0 Å². The monoisotopic (exact) mass is 350 g/mol. The van der Waals surface area contributed by atoms with Gasteiger partial charge in [-0.05, 0) is 58.4 Å². The Hall–Kier alpha value is -2.32. The molecule has 3 heterocycles. The molecule has 136 valence electrons. The van der Waals surface area contributed by atoms with Gasteiger partial charge in [0, 0.05) is 23.7 Å². The number of anilines is 1. The predicted molar refractivity (Wildman–Crippen MR) is 104 cm³/mol. The van der Waals surface area contributed by atoms with Crippen molar-refractivity contribution in [1.82, 2.24) is 10.3 Å². The normalized spacial score (nSPS) is 27.3. The molecule has 0 radical (unpaired) electrons. The van der Waals surface area contributed by atoms with Crippen molar-refractivity contribution in [3.8, 4) is 11.8 Å². The lowest BCUT2D eigenvalue weighted by atomic mass is 9.85. The molecule has 0 aromatic heterocycles. The molecule has 4 rings (SSSR count). The topological polar surface area (TPSA) is 47.9 Å². The summed E-state index contributed by atoms with van der Waals surface area (Å²) >= 11 is 0. The van der Waals surface area contributed by atoms with Gasteiger partial charge in [0.1, 0.15) is 5.92 Å². The molecule has 0 spiro atoms. The lowest BCUT2D eigenvalue weighted by molar-refractivity contribution is -0.120. The molecule has 5 nitrogen and oxygen atoms in total. The Kier molecular flexibility index (Phi) is 4.46. The van der Waals surface area contributed by atoms with Crippen LogP contribution in [0.2, 0.25) is 0 Å². The molecule has 0 bridgehead atoms. The summed E-state index contributed by atoms with van der Waals surface area (Å²) in [6.07, 6.45) is 2.54. The third-order valence-electron chi connectivity index (χ3n) is 5.80. The van der Waals surface area contributed by atoms with Crippen molar-refractivity contribution in [1.29, 1.82) is 0 Å².